The van der Waals surface area contributed by atoms with Crippen LogP contribution >= 0.6 is 11.6 Å². The van der Waals surface area contributed by atoms with E-state index in [1.165, 1.54) is 56.0 Å². The van der Waals surface area contributed by atoms with Crippen LogP contribution in [0.15, 0.2) is 42.5 Å². The van der Waals surface area contributed by atoms with Crippen LogP contribution in [0.3, 0.4) is 0 Å². The molecule has 0 fully saturated rings. The van der Waals surface area contributed by atoms with Crippen molar-refractivity contribution in [1.29, 1.82) is 0 Å². The number of halogens is 1. The van der Waals surface area contributed by atoms with Gasteiger partial charge in [-0.2, -0.15) is 0 Å². The quantitative estimate of drug-likeness (QED) is 0.146. The molecule has 2 aromatic rings. The lowest BCUT2D eigenvalue weighted by Crippen LogP contribution is -2.14. The van der Waals surface area contributed by atoms with Gasteiger partial charge in [-0.05, 0) is 30.7 Å². The molecular weight excluding hydrogens is 434 g/mol. The van der Waals surface area contributed by atoms with Crippen LogP contribution < -0.4 is 0 Å². The highest BCUT2D eigenvalue weighted by molar-refractivity contribution is 6.32. The van der Waals surface area contributed by atoms with Crippen molar-refractivity contribution in [2.75, 3.05) is 6.61 Å². The van der Waals surface area contributed by atoms with Gasteiger partial charge in [0.1, 0.15) is 11.6 Å². The molecule has 0 N–H and O–H groups in total. The molecule has 172 valence electrons. The van der Waals surface area contributed by atoms with Gasteiger partial charge >= 0.3 is 11.9 Å². The molecule has 0 unspecified atom stereocenters. The lowest BCUT2D eigenvalue weighted by atomic mass is 10.1. The van der Waals surface area contributed by atoms with Gasteiger partial charge < -0.3 is 9.47 Å². The van der Waals surface area contributed by atoms with Gasteiger partial charge in [0.05, 0.1) is 28.2 Å². The monoisotopic (exact) mass is 461 g/mol. The molecule has 0 aromatic heterocycles. The third-order valence-electron chi connectivity index (χ3n) is 4.96. The molecule has 0 saturated heterocycles. The van der Waals surface area contributed by atoms with Gasteiger partial charge in [0, 0.05) is 0 Å². The van der Waals surface area contributed by atoms with E-state index in [1.54, 1.807) is 12.1 Å². The van der Waals surface area contributed by atoms with Gasteiger partial charge in [-0.15, -0.1) is 0 Å². The van der Waals surface area contributed by atoms with Gasteiger partial charge in [0.15, 0.2) is 0 Å². The third kappa shape index (κ3) is 7.64. The van der Waals surface area contributed by atoms with Crippen LogP contribution in [0.5, 0.6) is 0 Å². The largest absolute Gasteiger partial charge is 0.462 e. The number of para-hydroxylation sites is 1. The average molecular weight is 462 g/mol. The van der Waals surface area contributed by atoms with Crippen LogP contribution in [0.2, 0.25) is 5.02 Å². The summed E-state index contributed by atoms with van der Waals surface area (Å²) in [4.78, 5) is 35.7. The summed E-state index contributed by atoms with van der Waals surface area (Å²) in [6.07, 6.45) is 7.71. The Hall–Kier alpha value is -2.93. The van der Waals surface area contributed by atoms with Crippen LogP contribution in [0.25, 0.3) is 0 Å². The third-order valence-corrected chi connectivity index (χ3v) is 5.26. The molecule has 32 heavy (non-hydrogen) atoms. The van der Waals surface area contributed by atoms with Gasteiger partial charge in [-0.1, -0.05) is 75.2 Å². The number of hydrogen-bond acceptors (Lipinski definition) is 6. The SMILES string of the molecule is CCCCCCCCCOC(=O)c1ccccc1C(=O)OCc1cccc(Cl)c1[N+](=O)[O-]. The summed E-state index contributed by atoms with van der Waals surface area (Å²) in [5.74, 6) is -1.37. The lowest BCUT2D eigenvalue weighted by Gasteiger charge is -2.10. The normalized spacial score (nSPS) is 10.6. The molecular formula is C24H28ClNO6. The average Bonchev–Trinajstić information content (AvgIpc) is 2.78. The van der Waals surface area contributed by atoms with Gasteiger partial charge in [0.25, 0.3) is 5.69 Å². The topological polar surface area (TPSA) is 95.7 Å². The van der Waals surface area contributed by atoms with Crippen molar-refractivity contribution in [3.63, 3.8) is 0 Å². The van der Waals surface area contributed by atoms with Crippen molar-refractivity contribution in [3.8, 4) is 0 Å². The second-order valence-corrected chi connectivity index (χ2v) is 7.79. The summed E-state index contributed by atoms with van der Waals surface area (Å²) >= 11 is 5.88. The Labute approximate surface area is 192 Å². The maximum atomic E-state index is 12.6. The van der Waals surface area contributed by atoms with E-state index in [4.69, 9.17) is 21.1 Å². The molecule has 0 atom stereocenters. The first kappa shape index (κ1) is 25.3. The predicted molar refractivity (Wildman–Crippen MR) is 122 cm³/mol. The van der Waals surface area contributed by atoms with Gasteiger partial charge in [-0.25, -0.2) is 9.59 Å². The van der Waals surface area contributed by atoms with Crippen molar-refractivity contribution in [2.24, 2.45) is 0 Å². The molecule has 0 spiro atoms. The Morgan fingerprint density at radius 2 is 1.47 bits per heavy atom. The first-order valence-electron chi connectivity index (χ1n) is 10.8. The van der Waals surface area contributed by atoms with Crippen molar-refractivity contribution in [2.45, 2.75) is 58.5 Å². The predicted octanol–water partition coefficient (Wildman–Crippen LogP) is 6.51. The number of unbranched alkanes of at least 4 members (excludes halogenated alkanes) is 6. The molecule has 0 aliphatic carbocycles. The fraction of sp³-hybridized carbons (Fsp3) is 0.417. The molecule has 0 bridgehead atoms. The number of hydrogen-bond donors (Lipinski definition) is 0. The standard InChI is InChI=1S/C24H28ClNO6/c1-2-3-4-5-6-7-10-16-31-23(27)19-13-8-9-14-20(19)24(28)32-17-18-12-11-15-21(25)22(18)26(29)30/h8-9,11-15H,2-7,10,16-17H2,1H3. The minimum atomic E-state index is -0.775. The fourth-order valence-corrected chi connectivity index (χ4v) is 3.51. The smallest absolute Gasteiger partial charge is 0.339 e. The summed E-state index contributed by atoms with van der Waals surface area (Å²) in [5.41, 5.74) is -0.0120. The number of rotatable bonds is 13. The van der Waals surface area contributed by atoms with E-state index in [0.717, 1.165) is 19.3 Å². The summed E-state index contributed by atoms with van der Waals surface area (Å²) in [7, 11) is 0. The van der Waals surface area contributed by atoms with Crippen LogP contribution in [-0.4, -0.2) is 23.5 Å². The highest BCUT2D eigenvalue weighted by atomic mass is 35.5. The second kappa shape index (κ2) is 13.5. The highest BCUT2D eigenvalue weighted by Gasteiger charge is 2.22. The Bertz CT molecular complexity index is 930. The van der Waals surface area contributed by atoms with Crippen LogP contribution in [0.4, 0.5) is 5.69 Å². The summed E-state index contributed by atoms with van der Waals surface area (Å²) in [5, 5.41) is 11.2. The van der Waals surface area contributed by atoms with Crippen molar-refractivity contribution >= 4 is 29.2 Å². The first-order valence-corrected chi connectivity index (χ1v) is 11.2. The maximum absolute atomic E-state index is 12.6. The molecule has 2 aromatic carbocycles. The first-order chi connectivity index (χ1) is 15.5. The zero-order valence-electron chi connectivity index (χ0n) is 18.2. The van der Waals surface area contributed by atoms with E-state index < -0.39 is 16.9 Å². The molecule has 0 heterocycles. The van der Waals surface area contributed by atoms with Crippen LogP contribution in [-0.2, 0) is 16.1 Å². The summed E-state index contributed by atoms with van der Waals surface area (Å²) in [6.45, 7) is 2.11. The Kier molecular flexibility index (Phi) is 10.7. The molecule has 2 rings (SSSR count). The second-order valence-electron chi connectivity index (χ2n) is 7.38. The number of ether oxygens (including phenoxy) is 2. The Morgan fingerprint density at radius 1 is 0.875 bits per heavy atom. The molecule has 7 nitrogen and oxygen atoms in total. The van der Waals surface area contributed by atoms with E-state index >= 15 is 0 Å². The van der Waals surface area contributed by atoms with Gasteiger partial charge in [-0.3, -0.25) is 10.1 Å². The minimum absolute atomic E-state index is 0.0433. The lowest BCUT2D eigenvalue weighted by molar-refractivity contribution is -0.385. The van der Waals surface area contributed by atoms with Crippen LogP contribution in [0, 0.1) is 10.1 Å². The zero-order valence-corrected chi connectivity index (χ0v) is 18.9. The maximum Gasteiger partial charge on any atom is 0.339 e. The number of carbonyl (C=O) groups is 2. The minimum Gasteiger partial charge on any atom is -0.462 e. The number of nitro benzene ring substituents is 1. The van der Waals surface area contributed by atoms with Crippen LogP contribution in [0.1, 0.15) is 78.1 Å². The number of nitrogens with zero attached hydrogens (tertiary/aromatic N) is 1. The van der Waals surface area contributed by atoms with Crippen molar-refractivity contribution in [3.05, 3.63) is 74.3 Å². The van der Waals surface area contributed by atoms with E-state index in [1.807, 2.05) is 0 Å². The molecule has 0 aliphatic rings. The molecule has 8 heteroatoms. The van der Waals surface area contributed by atoms with E-state index in [0.29, 0.717) is 0 Å². The molecule has 0 aliphatic heterocycles. The van der Waals surface area contributed by atoms with E-state index in [2.05, 4.69) is 6.92 Å². The highest BCUT2D eigenvalue weighted by Crippen LogP contribution is 2.29. The Balaban J connectivity index is 1.92. The summed E-state index contributed by atoms with van der Waals surface area (Å²) < 4.78 is 10.6. The van der Waals surface area contributed by atoms with Gasteiger partial charge in [0.2, 0.25) is 0 Å². The Morgan fingerprint density at radius 3 is 2.09 bits per heavy atom. The molecule has 0 amide bonds. The summed E-state index contributed by atoms with van der Waals surface area (Å²) in [6, 6.07) is 10.6. The fourth-order valence-electron chi connectivity index (χ4n) is 3.24. The zero-order chi connectivity index (χ0) is 23.3. The van der Waals surface area contributed by atoms with Crippen molar-refractivity contribution in [1.82, 2.24) is 0 Å². The van der Waals surface area contributed by atoms with E-state index in [-0.39, 0.29) is 40.6 Å². The number of carbonyl (C=O) groups excluding carboxylic acids is 2. The molecule has 0 saturated carbocycles. The van der Waals surface area contributed by atoms with E-state index in [9.17, 15) is 19.7 Å². The number of benzene rings is 2. The van der Waals surface area contributed by atoms with Crippen molar-refractivity contribution < 1.29 is 24.0 Å². The number of nitro groups is 1. The molecule has 0 radical (unpaired) electrons. The number of esters is 2.